The maximum absolute atomic E-state index is 12.5. The average Bonchev–Trinajstić information content (AvgIpc) is 2.34. The van der Waals surface area contributed by atoms with E-state index in [1.807, 2.05) is 0 Å². The third-order valence-corrected chi connectivity index (χ3v) is 2.35. The van der Waals surface area contributed by atoms with Gasteiger partial charge in [0, 0.05) is 27.2 Å². The molecule has 0 radical (unpaired) electrons. The van der Waals surface area contributed by atoms with Crippen LogP contribution in [0.3, 0.4) is 0 Å². The highest BCUT2D eigenvalue weighted by atomic mass is 19.4. The molecule has 0 saturated carbocycles. The van der Waals surface area contributed by atoms with Crippen LogP contribution in [0.25, 0.3) is 0 Å². The van der Waals surface area contributed by atoms with Gasteiger partial charge in [0.25, 0.3) is 0 Å². The summed E-state index contributed by atoms with van der Waals surface area (Å²) in [7, 11) is 3.17. The summed E-state index contributed by atoms with van der Waals surface area (Å²) in [4.78, 5) is 15.8. The number of pyridine rings is 1. The molecule has 0 spiro atoms. The van der Waals surface area contributed by atoms with Crippen molar-refractivity contribution in [2.45, 2.75) is 6.18 Å². The van der Waals surface area contributed by atoms with Gasteiger partial charge in [0.1, 0.15) is 5.69 Å². The quantitative estimate of drug-likeness (QED) is 0.732. The van der Waals surface area contributed by atoms with Crippen molar-refractivity contribution in [3.63, 3.8) is 0 Å². The molecule has 0 aliphatic heterocycles. The third-order valence-electron chi connectivity index (χ3n) is 2.35. The number of nitrogen functional groups attached to an aromatic ring is 1. The van der Waals surface area contributed by atoms with Gasteiger partial charge in [0.15, 0.2) is 0 Å². The summed E-state index contributed by atoms with van der Waals surface area (Å²) >= 11 is 0. The Morgan fingerprint density at radius 2 is 2.05 bits per heavy atom. The number of carbonyl (C=O) groups excluding carboxylic acids is 1. The number of anilines is 2. The Morgan fingerprint density at radius 1 is 1.40 bits per heavy atom. The van der Waals surface area contributed by atoms with E-state index in [1.165, 1.54) is 4.90 Å². The molecule has 0 fully saturated rings. The van der Waals surface area contributed by atoms with Crippen molar-refractivity contribution in [2.24, 2.45) is 0 Å². The summed E-state index contributed by atoms with van der Waals surface area (Å²) in [6.07, 6.45) is -3.58. The number of alkyl halides is 3. The molecule has 0 saturated heterocycles. The van der Waals surface area contributed by atoms with Crippen LogP contribution in [-0.4, -0.2) is 43.1 Å². The molecule has 9 heteroatoms. The molecule has 0 aliphatic rings. The zero-order valence-corrected chi connectivity index (χ0v) is 11.1. The van der Waals surface area contributed by atoms with Gasteiger partial charge in [-0.3, -0.25) is 0 Å². The van der Waals surface area contributed by atoms with Crippen LogP contribution in [0.15, 0.2) is 12.3 Å². The minimum Gasteiger partial charge on any atom is -0.396 e. The minimum atomic E-state index is -4.52. The van der Waals surface area contributed by atoms with E-state index in [2.05, 4.69) is 15.6 Å². The number of carbonyl (C=O) groups is 1. The highest BCUT2D eigenvalue weighted by Gasteiger charge is 2.32. The van der Waals surface area contributed by atoms with Gasteiger partial charge in [-0.1, -0.05) is 0 Å². The maximum Gasteiger partial charge on any atom is 0.433 e. The number of amides is 2. The second-order valence-corrected chi connectivity index (χ2v) is 4.21. The molecule has 2 amide bonds. The standard InChI is InChI=1S/C11H16F3N5O/c1-19(2)10(20)17-4-3-16-8-5-9(11(12,13)14)18-6-7(8)15/h5-6H,3-4,15H2,1-2H3,(H,16,18)(H,17,20). The third kappa shape index (κ3) is 4.48. The first kappa shape index (κ1) is 15.9. The van der Waals surface area contributed by atoms with Gasteiger partial charge in [0.2, 0.25) is 0 Å². The minimum absolute atomic E-state index is 0.108. The van der Waals surface area contributed by atoms with E-state index >= 15 is 0 Å². The first-order chi connectivity index (χ1) is 9.21. The van der Waals surface area contributed by atoms with Crippen LogP contribution in [0.1, 0.15) is 5.69 Å². The van der Waals surface area contributed by atoms with Crippen LogP contribution in [-0.2, 0) is 6.18 Å². The topological polar surface area (TPSA) is 83.3 Å². The molecule has 1 heterocycles. The molecule has 1 aromatic rings. The van der Waals surface area contributed by atoms with E-state index in [-0.39, 0.29) is 30.5 Å². The Labute approximate surface area is 114 Å². The first-order valence-corrected chi connectivity index (χ1v) is 5.73. The molecule has 0 aromatic carbocycles. The molecule has 1 aromatic heterocycles. The number of halogens is 3. The largest absolute Gasteiger partial charge is 0.433 e. The molecule has 1 rings (SSSR count). The van der Waals surface area contributed by atoms with Gasteiger partial charge < -0.3 is 21.3 Å². The molecule has 112 valence electrons. The Kier molecular flexibility index (Phi) is 5.00. The summed E-state index contributed by atoms with van der Waals surface area (Å²) in [5.41, 5.74) is 4.75. The summed E-state index contributed by atoms with van der Waals surface area (Å²) in [5, 5.41) is 5.28. The van der Waals surface area contributed by atoms with E-state index in [9.17, 15) is 18.0 Å². The molecule has 0 unspecified atom stereocenters. The number of nitrogens with zero attached hydrogens (tertiary/aromatic N) is 2. The lowest BCUT2D eigenvalue weighted by molar-refractivity contribution is -0.141. The summed E-state index contributed by atoms with van der Waals surface area (Å²) < 4.78 is 37.5. The van der Waals surface area contributed by atoms with Crippen molar-refractivity contribution in [1.82, 2.24) is 15.2 Å². The van der Waals surface area contributed by atoms with Gasteiger partial charge in [-0.25, -0.2) is 9.78 Å². The summed E-state index contributed by atoms with van der Waals surface area (Å²) in [6, 6.07) is 0.550. The van der Waals surface area contributed by atoms with Crippen LogP contribution in [0, 0.1) is 0 Å². The Morgan fingerprint density at radius 3 is 2.60 bits per heavy atom. The maximum atomic E-state index is 12.5. The van der Waals surface area contributed by atoms with Crippen LogP contribution in [0.2, 0.25) is 0 Å². The van der Waals surface area contributed by atoms with Crippen molar-refractivity contribution < 1.29 is 18.0 Å². The Bertz CT molecular complexity index is 476. The van der Waals surface area contributed by atoms with Crippen molar-refractivity contribution in [1.29, 1.82) is 0 Å². The van der Waals surface area contributed by atoms with Gasteiger partial charge in [-0.15, -0.1) is 0 Å². The number of nitrogens with one attached hydrogen (secondary N) is 2. The van der Waals surface area contributed by atoms with Crippen LogP contribution in [0.4, 0.5) is 29.3 Å². The fourth-order valence-electron chi connectivity index (χ4n) is 1.30. The van der Waals surface area contributed by atoms with E-state index in [4.69, 9.17) is 5.73 Å². The second-order valence-electron chi connectivity index (χ2n) is 4.21. The van der Waals surface area contributed by atoms with E-state index in [0.29, 0.717) is 0 Å². The Hall–Kier alpha value is -2.19. The van der Waals surface area contributed by atoms with Crippen molar-refractivity contribution in [2.75, 3.05) is 38.2 Å². The summed E-state index contributed by atoms with van der Waals surface area (Å²) in [5.74, 6) is 0. The van der Waals surface area contributed by atoms with E-state index in [0.717, 1.165) is 12.3 Å². The van der Waals surface area contributed by atoms with E-state index < -0.39 is 11.9 Å². The second kappa shape index (κ2) is 6.31. The van der Waals surface area contributed by atoms with Gasteiger partial charge >= 0.3 is 12.2 Å². The number of nitrogens with two attached hydrogens (primary N) is 1. The molecule has 0 atom stereocenters. The highest BCUT2D eigenvalue weighted by molar-refractivity contribution is 5.73. The molecule has 6 nitrogen and oxygen atoms in total. The fraction of sp³-hybridized carbons (Fsp3) is 0.455. The smallest absolute Gasteiger partial charge is 0.396 e. The number of aromatic nitrogens is 1. The summed E-state index contributed by atoms with van der Waals surface area (Å²) in [6.45, 7) is 0.491. The average molecular weight is 291 g/mol. The monoisotopic (exact) mass is 291 g/mol. The lowest BCUT2D eigenvalue weighted by Gasteiger charge is -2.14. The molecule has 20 heavy (non-hydrogen) atoms. The van der Waals surface area contributed by atoms with E-state index in [1.54, 1.807) is 14.1 Å². The number of rotatable bonds is 4. The number of hydrogen-bond donors (Lipinski definition) is 3. The number of urea groups is 1. The fourth-order valence-corrected chi connectivity index (χ4v) is 1.30. The van der Waals surface area contributed by atoms with Crippen LogP contribution < -0.4 is 16.4 Å². The van der Waals surface area contributed by atoms with Gasteiger partial charge in [0.05, 0.1) is 17.6 Å². The molecular weight excluding hydrogens is 275 g/mol. The zero-order chi connectivity index (χ0) is 15.3. The first-order valence-electron chi connectivity index (χ1n) is 5.73. The SMILES string of the molecule is CN(C)C(=O)NCCNc1cc(C(F)(F)F)ncc1N. The van der Waals surface area contributed by atoms with Crippen LogP contribution >= 0.6 is 0 Å². The zero-order valence-electron chi connectivity index (χ0n) is 11.1. The van der Waals surface area contributed by atoms with Crippen molar-refractivity contribution in [3.05, 3.63) is 18.0 Å². The molecule has 0 aliphatic carbocycles. The predicted molar refractivity (Wildman–Crippen MR) is 69.2 cm³/mol. The lowest BCUT2D eigenvalue weighted by Crippen LogP contribution is -2.37. The normalized spacial score (nSPS) is 11.1. The van der Waals surface area contributed by atoms with Crippen LogP contribution in [0.5, 0.6) is 0 Å². The Balaban J connectivity index is 2.58. The predicted octanol–water partition coefficient (Wildman–Crippen LogP) is 1.37. The van der Waals surface area contributed by atoms with Crippen molar-refractivity contribution >= 4 is 17.4 Å². The molecule has 4 N–H and O–H groups in total. The van der Waals surface area contributed by atoms with Gasteiger partial charge in [-0.2, -0.15) is 13.2 Å². The van der Waals surface area contributed by atoms with Crippen molar-refractivity contribution in [3.8, 4) is 0 Å². The molecule has 0 bridgehead atoms. The number of hydrogen-bond acceptors (Lipinski definition) is 4. The molecular formula is C11H16F3N5O. The lowest BCUT2D eigenvalue weighted by atomic mass is 10.2. The van der Waals surface area contributed by atoms with Gasteiger partial charge in [-0.05, 0) is 6.07 Å². The highest BCUT2D eigenvalue weighted by Crippen LogP contribution is 2.30.